The van der Waals surface area contributed by atoms with Crippen molar-refractivity contribution in [2.24, 2.45) is 16.9 Å². The molecule has 5 heteroatoms. The molecule has 1 aromatic rings. The summed E-state index contributed by atoms with van der Waals surface area (Å²) >= 11 is 3.44. The largest absolute Gasteiger partial charge is 0.371 e. The zero-order chi connectivity index (χ0) is 14.6. The molecule has 0 unspecified atom stereocenters. The minimum absolute atomic E-state index is 0.0206. The molecule has 0 aliphatic rings. The Kier molecular flexibility index (Phi) is 5.38. The van der Waals surface area contributed by atoms with Gasteiger partial charge in [-0.25, -0.2) is 0 Å². The fourth-order valence-electron chi connectivity index (χ4n) is 1.92. The van der Waals surface area contributed by atoms with Crippen LogP contribution in [0.25, 0.3) is 0 Å². The Bertz CT molecular complexity index is 460. The summed E-state index contributed by atoms with van der Waals surface area (Å²) in [6.45, 7) is 8.42. The van der Waals surface area contributed by atoms with Crippen molar-refractivity contribution in [1.29, 1.82) is 0 Å². The molecule has 1 aromatic carbocycles. The van der Waals surface area contributed by atoms with E-state index in [9.17, 15) is 4.79 Å². The van der Waals surface area contributed by atoms with E-state index in [1.165, 1.54) is 0 Å². The van der Waals surface area contributed by atoms with Crippen LogP contribution in [0.1, 0.15) is 31.1 Å². The molecule has 0 bridgehead atoms. The number of carbonyl (C=O) groups excluding carboxylic acids is 1. The van der Waals surface area contributed by atoms with Crippen LogP contribution in [-0.2, 0) is 0 Å². The van der Waals surface area contributed by atoms with Gasteiger partial charge in [-0.15, -0.1) is 0 Å². The molecule has 0 saturated heterocycles. The van der Waals surface area contributed by atoms with Gasteiger partial charge in [0.05, 0.1) is 11.3 Å². The van der Waals surface area contributed by atoms with E-state index in [-0.39, 0.29) is 5.41 Å². The van der Waals surface area contributed by atoms with E-state index in [2.05, 4.69) is 41.6 Å². The Morgan fingerprint density at radius 1 is 1.42 bits per heavy atom. The Hall–Kier alpha value is -1.07. The topological polar surface area (TPSA) is 72.3 Å². The summed E-state index contributed by atoms with van der Waals surface area (Å²) < 4.78 is 0.927. The van der Waals surface area contributed by atoms with Gasteiger partial charge in [0, 0.05) is 17.6 Å². The summed E-state index contributed by atoms with van der Waals surface area (Å²) in [6, 6.07) is 5.50. The maximum absolute atomic E-state index is 11.5. The fourth-order valence-corrected chi connectivity index (χ4v) is 2.27. The van der Waals surface area contributed by atoms with Gasteiger partial charge in [-0.05, 0) is 37.1 Å². The van der Waals surface area contributed by atoms with Crippen LogP contribution in [0, 0.1) is 5.41 Å². The second kappa shape index (κ2) is 6.39. The average Bonchev–Trinajstić information content (AvgIpc) is 2.35. The van der Waals surface area contributed by atoms with Gasteiger partial charge < -0.3 is 16.4 Å². The number of carbonyl (C=O) groups is 1. The highest BCUT2D eigenvalue weighted by Crippen LogP contribution is 2.27. The summed E-state index contributed by atoms with van der Waals surface area (Å²) in [7, 11) is 0. The molecule has 19 heavy (non-hydrogen) atoms. The zero-order valence-corrected chi connectivity index (χ0v) is 13.3. The molecule has 4 nitrogen and oxygen atoms in total. The van der Waals surface area contributed by atoms with Gasteiger partial charge in [0.2, 0.25) is 0 Å². The van der Waals surface area contributed by atoms with Crippen molar-refractivity contribution in [3.8, 4) is 0 Å². The minimum atomic E-state index is -0.411. The number of benzene rings is 1. The number of halogens is 1. The summed E-state index contributed by atoms with van der Waals surface area (Å²) in [6.07, 6.45) is 0. The second-order valence-electron chi connectivity index (χ2n) is 5.41. The highest BCUT2D eigenvalue weighted by atomic mass is 79.9. The lowest BCUT2D eigenvalue weighted by Gasteiger charge is -2.33. The van der Waals surface area contributed by atoms with Crippen molar-refractivity contribution in [3.05, 3.63) is 28.2 Å². The Labute approximate surface area is 123 Å². The van der Waals surface area contributed by atoms with Gasteiger partial charge in [-0.1, -0.05) is 29.8 Å². The molecule has 1 rings (SSSR count). The number of rotatable bonds is 6. The standard InChI is InChI=1S/C14H22BrN3O/c1-4-18(9-14(2,3)8-16)12-7-10(15)5-6-11(12)13(17)19/h5-7H,4,8-9,16H2,1-3H3,(H2,17,19). The number of amides is 1. The molecular weight excluding hydrogens is 306 g/mol. The van der Waals surface area contributed by atoms with Crippen molar-refractivity contribution in [1.82, 2.24) is 0 Å². The molecule has 106 valence electrons. The van der Waals surface area contributed by atoms with Crippen LogP contribution in [0.3, 0.4) is 0 Å². The van der Waals surface area contributed by atoms with E-state index in [4.69, 9.17) is 11.5 Å². The number of nitrogens with two attached hydrogens (primary N) is 2. The van der Waals surface area contributed by atoms with Crippen molar-refractivity contribution in [2.75, 3.05) is 24.5 Å². The molecule has 0 aromatic heterocycles. The number of primary amides is 1. The van der Waals surface area contributed by atoms with E-state index in [1.807, 2.05) is 12.1 Å². The lowest BCUT2D eigenvalue weighted by Crippen LogP contribution is -2.39. The van der Waals surface area contributed by atoms with Crippen LogP contribution < -0.4 is 16.4 Å². The molecule has 0 saturated carbocycles. The smallest absolute Gasteiger partial charge is 0.250 e. The molecule has 0 atom stereocenters. The molecule has 0 spiro atoms. The molecule has 0 fully saturated rings. The highest BCUT2D eigenvalue weighted by Gasteiger charge is 2.22. The first-order valence-electron chi connectivity index (χ1n) is 6.35. The van der Waals surface area contributed by atoms with Crippen molar-refractivity contribution in [2.45, 2.75) is 20.8 Å². The van der Waals surface area contributed by atoms with Gasteiger partial charge in [-0.3, -0.25) is 4.79 Å². The Morgan fingerprint density at radius 3 is 2.53 bits per heavy atom. The second-order valence-corrected chi connectivity index (χ2v) is 6.32. The van der Waals surface area contributed by atoms with Crippen LogP contribution >= 0.6 is 15.9 Å². The van der Waals surface area contributed by atoms with E-state index < -0.39 is 5.91 Å². The van der Waals surface area contributed by atoms with Gasteiger partial charge in [-0.2, -0.15) is 0 Å². The molecular formula is C14H22BrN3O. The number of hydrogen-bond acceptors (Lipinski definition) is 3. The summed E-state index contributed by atoms with van der Waals surface area (Å²) in [5, 5.41) is 0. The SMILES string of the molecule is CCN(CC(C)(C)CN)c1cc(Br)ccc1C(N)=O. The molecule has 1 amide bonds. The first-order valence-corrected chi connectivity index (χ1v) is 7.14. The lowest BCUT2D eigenvalue weighted by atomic mass is 9.92. The minimum Gasteiger partial charge on any atom is -0.371 e. The zero-order valence-electron chi connectivity index (χ0n) is 11.7. The van der Waals surface area contributed by atoms with E-state index in [0.29, 0.717) is 12.1 Å². The normalized spacial score (nSPS) is 11.4. The Balaban J connectivity index is 3.17. The van der Waals surface area contributed by atoms with E-state index in [0.717, 1.165) is 23.2 Å². The third-order valence-electron chi connectivity index (χ3n) is 3.12. The van der Waals surface area contributed by atoms with Crippen LogP contribution in [0.5, 0.6) is 0 Å². The molecule has 0 aliphatic heterocycles. The van der Waals surface area contributed by atoms with Gasteiger partial charge in [0.15, 0.2) is 0 Å². The molecule has 0 aliphatic carbocycles. The van der Waals surface area contributed by atoms with Crippen molar-refractivity contribution < 1.29 is 4.79 Å². The fraction of sp³-hybridized carbons (Fsp3) is 0.500. The highest BCUT2D eigenvalue weighted by molar-refractivity contribution is 9.10. The van der Waals surface area contributed by atoms with Gasteiger partial charge >= 0.3 is 0 Å². The van der Waals surface area contributed by atoms with Crippen LogP contribution in [-0.4, -0.2) is 25.5 Å². The number of anilines is 1. The maximum Gasteiger partial charge on any atom is 0.250 e. The Morgan fingerprint density at radius 2 is 2.05 bits per heavy atom. The van der Waals surface area contributed by atoms with Crippen LogP contribution in [0.15, 0.2) is 22.7 Å². The summed E-state index contributed by atoms with van der Waals surface area (Å²) in [5.74, 6) is -0.411. The predicted molar refractivity (Wildman–Crippen MR) is 83.4 cm³/mol. The van der Waals surface area contributed by atoms with Crippen molar-refractivity contribution in [3.63, 3.8) is 0 Å². The van der Waals surface area contributed by atoms with Gasteiger partial charge in [0.1, 0.15) is 0 Å². The third kappa shape index (κ3) is 4.21. The lowest BCUT2D eigenvalue weighted by molar-refractivity contribution is 0.100. The number of hydrogen-bond donors (Lipinski definition) is 2. The van der Waals surface area contributed by atoms with Crippen LogP contribution in [0.4, 0.5) is 5.69 Å². The monoisotopic (exact) mass is 327 g/mol. The third-order valence-corrected chi connectivity index (χ3v) is 3.61. The molecule has 0 radical (unpaired) electrons. The summed E-state index contributed by atoms with van der Waals surface area (Å²) in [4.78, 5) is 13.7. The predicted octanol–water partition coefficient (Wildman–Crippen LogP) is 2.36. The van der Waals surface area contributed by atoms with E-state index in [1.54, 1.807) is 6.07 Å². The van der Waals surface area contributed by atoms with Gasteiger partial charge in [0.25, 0.3) is 5.91 Å². The molecule has 4 N–H and O–H groups in total. The average molecular weight is 328 g/mol. The number of nitrogens with zero attached hydrogens (tertiary/aromatic N) is 1. The molecule has 0 heterocycles. The first-order chi connectivity index (χ1) is 8.80. The quantitative estimate of drug-likeness (QED) is 0.842. The van der Waals surface area contributed by atoms with Crippen molar-refractivity contribution >= 4 is 27.5 Å². The summed E-state index contributed by atoms with van der Waals surface area (Å²) in [5.41, 5.74) is 12.6. The first kappa shape index (κ1) is 16.0. The maximum atomic E-state index is 11.5. The van der Waals surface area contributed by atoms with Crippen LogP contribution in [0.2, 0.25) is 0 Å². The van der Waals surface area contributed by atoms with E-state index >= 15 is 0 Å².